The molecule has 2 aromatic rings. The van der Waals surface area contributed by atoms with Gasteiger partial charge in [0.05, 0.1) is 6.04 Å². The molecule has 2 aromatic carbocycles. The molecule has 126 valence electrons. The number of nitrogens with zero attached hydrogens (tertiary/aromatic N) is 1. The highest BCUT2D eigenvalue weighted by Crippen LogP contribution is 2.17. The Morgan fingerprint density at radius 2 is 1.96 bits per heavy atom. The van der Waals surface area contributed by atoms with Gasteiger partial charge in [-0.25, -0.2) is 4.39 Å². The van der Waals surface area contributed by atoms with E-state index in [-0.39, 0.29) is 17.8 Å². The van der Waals surface area contributed by atoms with Crippen molar-refractivity contribution < 1.29 is 9.18 Å². The van der Waals surface area contributed by atoms with Gasteiger partial charge in [0.2, 0.25) is 5.91 Å². The van der Waals surface area contributed by atoms with Gasteiger partial charge in [0.1, 0.15) is 5.82 Å². The van der Waals surface area contributed by atoms with Crippen molar-refractivity contribution in [3.8, 4) is 0 Å². The van der Waals surface area contributed by atoms with Crippen LogP contribution in [0.15, 0.2) is 59.1 Å². The first-order chi connectivity index (χ1) is 11.5. The lowest BCUT2D eigenvalue weighted by atomic mass is 10.1. The molecule has 0 aliphatic rings. The molecule has 0 fully saturated rings. The number of nitrogens with one attached hydrogen (secondary N) is 1. The summed E-state index contributed by atoms with van der Waals surface area (Å²) in [7, 11) is 3.91. The lowest BCUT2D eigenvalue weighted by molar-refractivity contribution is -0.117. The van der Waals surface area contributed by atoms with Crippen molar-refractivity contribution in [3.05, 3.63) is 76.0 Å². The van der Waals surface area contributed by atoms with Crippen LogP contribution in [0.3, 0.4) is 0 Å². The maximum Gasteiger partial charge on any atom is 0.244 e. The van der Waals surface area contributed by atoms with Crippen molar-refractivity contribution in [2.45, 2.75) is 6.04 Å². The highest BCUT2D eigenvalue weighted by molar-refractivity contribution is 9.10. The first kappa shape index (κ1) is 18.4. The van der Waals surface area contributed by atoms with E-state index in [2.05, 4.69) is 21.2 Å². The third-order valence-corrected chi connectivity index (χ3v) is 3.93. The SMILES string of the molecule is CN(C)CC(NC(=O)/C=C/c1cc(Br)ccc1F)c1ccccc1. The quantitative estimate of drug-likeness (QED) is 0.755. The summed E-state index contributed by atoms with van der Waals surface area (Å²) in [6.45, 7) is 0.675. The topological polar surface area (TPSA) is 32.3 Å². The number of amides is 1. The standard InChI is InChI=1S/C19H20BrFN2O/c1-23(2)13-18(14-6-4-3-5-7-14)22-19(24)11-8-15-12-16(20)9-10-17(15)21/h3-12,18H,13H2,1-2H3,(H,22,24)/b11-8+. The molecule has 1 amide bonds. The molecule has 0 saturated heterocycles. The maximum absolute atomic E-state index is 13.7. The summed E-state index contributed by atoms with van der Waals surface area (Å²) < 4.78 is 14.5. The van der Waals surface area contributed by atoms with E-state index in [1.807, 2.05) is 49.3 Å². The molecule has 0 saturated carbocycles. The zero-order valence-corrected chi connectivity index (χ0v) is 15.3. The molecular formula is C19H20BrFN2O. The lowest BCUT2D eigenvalue weighted by Gasteiger charge is -2.22. The number of benzene rings is 2. The smallest absolute Gasteiger partial charge is 0.244 e. The summed E-state index contributed by atoms with van der Waals surface area (Å²) in [5.41, 5.74) is 1.39. The van der Waals surface area contributed by atoms with Crippen molar-refractivity contribution in [2.75, 3.05) is 20.6 Å². The minimum atomic E-state index is -0.366. The average molecular weight is 391 g/mol. The molecule has 0 aromatic heterocycles. The molecule has 3 nitrogen and oxygen atoms in total. The summed E-state index contributed by atoms with van der Waals surface area (Å²) >= 11 is 3.29. The van der Waals surface area contributed by atoms with E-state index in [0.717, 1.165) is 10.0 Å². The maximum atomic E-state index is 13.7. The Morgan fingerprint density at radius 1 is 1.25 bits per heavy atom. The van der Waals surface area contributed by atoms with Crippen LogP contribution in [0, 0.1) is 5.82 Å². The minimum Gasteiger partial charge on any atom is -0.344 e. The van der Waals surface area contributed by atoms with Crippen LogP contribution >= 0.6 is 15.9 Å². The zero-order valence-electron chi connectivity index (χ0n) is 13.7. The van der Waals surface area contributed by atoms with Crippen LogP contribution in [0.2, 0.25) is 0 Å². The van der Waals surface area contributed by atoms with E-state index < -0.39 is 0 Å². The van der Waals surface area contributed by atoms with Crippen molar-refractivity contribution in [2.24, 2.45) is 0 Å². The Bertz CT molecular complexity index is 717. The third kappa shape index (κ3) is 5.58. The normalized spacial score (nSPS) is 12.5. The molecule has 0 radical (unpaired) electrons. The zero-order chi connectivity index (χ0) is 17.5. The number of halogens is 2. The number of rotatable bonds is 6. The van der Waals surface area contributed by atoms with Gasteiger partial charge in [-0.3, -0.25) is 4.79 Å². The van der Waals surface area contributed by atoms with E-state index >= 15 is 0 Å². The Morgan fingerprint density at radius 3 is 2.62 bits per heavy atom. The summed E-state index contributed by atoms with van der Waals surface area (Å²) in [6.07, 6.45) is 2.84. The van der Waals surface area contributed by atoms with Crippen LogP contribution in [0.25, 0.3) is 6.08 Å². The molecule has 1 N–H and O–H groups in total. The number of carbonyl (C=O) groups excluding carboxylic acids is 1. The van der Waals surface area contributed by atoms with E-state index in [9.17, 15) is 9.18 Å². The minimum absolute atomic E-state index is 0.134. The molecule has 24 heavy (non-hydrogen) atoms. The largest absolute Gasteiger partial charge is 0.344 e. The Labute approximate surface area is 150 Å². The Hall–Kier alpha value is -1.98. The fourth-order valence-corrected chi connectivity index (χ4v) is 2.69. The van der Waals surface area contributed by atoms with Crippen molar-refractivity contribution in [1.82, 2.24) is 10.2 Å². The third-order valence-electron chi connectivity index (χ3n) is 3.44. The summed E-state index contributed by atoms with van der Waals surface area (Å²) in [4.78, 5) is 14.2. The summed E-state index contributed by atoms with van der Waals surface area (Å²) in [5, 5.41) is 2.97. The van der Waals surface area contributed by atoms with Gasteiger partial charge in [-0.15, -0.1) is 0 Å². The summed E-state index contributed by atoms with van der Waals surface area (Å²) in [6, 6.07) is 14.3. The molecule has 1 unspecified atom stereocenters. The van der Waals surface area contributed by atoms with E-state index in [0.29, 0.717) is 12.1 Å². The highest BCUT2D eigenvalue weighted by Gasteiger charge is 2.14. The first-order valence-corrected chi connectivity index (χ1v) is 8.38. The van der Waals surface area contributed by atoms with Crippen molar-refractivity contribution in [1.29, 1.82) is 0 Å². The van der Waals surface area contributed by atoms with Gasteiger partial charge in [0.25, 0.3) is 0 Å². The van der Waals surface area contributed by atoms with Crippen molar-refractivity contribution >= 4 is 27.9 Å². The average Bonchev–Trinajstić information content (AvgIpc) is 2.55. The van der Waals surface area contributed by atoms with Crippen LogP contribution in [-0.2, 0) is 4.79 Å². The van der Waals surface area contributed by atoms with Crippen LogP contribution in [0.4, 0.5) is 4.39 Å². The molecular weight excluding hydrogens is 371 g/mol. The second-order valence-electron chi connectivity index (χ2n) is 5.73. The van der Waals surface area contributed by atoms with E-state index in [1.165, 1.54) is 18.2 Å². The van der Waals surface area contributed by atoms with E-state index in [4.69, 9.17) is 0 Å². The predicted octanol–water partition coefficient (Wildman–Crippen LogP) is 4.02. The van der Waals surface area contributed by atoms with Gasteiger partial charge in [-0.1, -0.05) is 46.3 Å². The highest BCUT2D eigenvalue weighted by atomic mass is 79.9. The molecule has 0 aliphatic carbocycles. The van der Waals surface area contributed by atoms with Gasteiger partial charge >= 0.3 is 0 Å². The van der Waals surface area contributed by atoms with Crippen molar-refractivity contribution in [3.63, 3.8) is 0 Å². The molecule has 1 atom stereocenters. The second kappa shape index (κ2) is 8.76. The molecule has 0 heterocycles. The fraction of sp³-hybridized carbons (Fsp3) is 0.211. The molecule has 0 bridgehead atoms. The summed E-state index contributed by atoms with van der Waals surface area (Å²) in [5.74, 6) is -0.625. The lowest BCUT2D eigenvalue weighted by Crippen LogP contribution is -2.34. The van der Waals surface area contributed by atoms with Crippen LogP contribution in [0.5, 0.6) is 0 Å². The van der Waals surface area contributed by atoms with Crippen LogP contribution < -0.4 is 5.32 Å². The van der Waals surface area contributed by atoms with E-state index in [1.54, 1.807) is 12.1 Å². The monoisotopic (exact) mass is 390 g/mol. The Kier molecular flexibility index (Phi) is 6.70. The molecule has 0 aliphatic heterocycles. The van der Waals surface area contributed by atoms with Gasteiger partial charge in [0.15, 0.2) is 0 Å². The van der Waals surface area contributed by atoms with Gasteiger partial charge in [-0.2, -0.15) is 0 Å². The number of hydrogen-bond donors (Lipinski definition) is 1. The first-order valence-electron chi connectivity index (χ1n) is 7.59. The van der Waals surface area contributed by atoms with Crippen LogP contribution in [-0.4, -0.2) is 31.4 Å². The second-order valence-corrected chi connectivity index (χ2v) is 6.65. The van der Waals surface area contributed by atoms with Crippen LogP contribution in [0.1, 0.15) is 17.2 Å². The van der Waals surface area contributed by atoms with Gasteiger partial charge in [-0.05, 0) is 43.9 Å². The molecule has 5 heteroatoms. The number of carbonyl (C=O) groups is 1. The molecule has 0 spiro atoms. The number of hydrogen-bond acceptors (Lipinski definition) is 2. The predicted molar refractivity (Wildman–Crippen MR) is 99.0 cm³/mol. The van der Waals surface area contributed by atoms with Gasteiger partial charge in [0, 0.05) is 22.7 Å². The molecule has 2 rings (SSSR count). The number of likely N-dealkylation sites (N-methyl/N-ethyl adjacent to an activating group) is 1. The Balaban J connectivity index is 2.10. The fourth-order valence-electron chi connectivity index (χ4n) is 2.31. The van der Waals surface area contributed by atoms with Gasteiger partial charge < -0.3 is 10.2 Å².